The van der Waals surface area contributed by atoms with Crippen LogP contribution in [0.1, 0.15) is 27.9 Å². The maximum Gasteiger partial charge on any atom is 0.203 e. The number of hydrogen-bond donors (Lipinski definition) is 0. The van der Waals surface area contributed by atoms with Crippen LogP contribution in [-0.4, -0.2) is 40.4 Å². The summed E-state index contributed by atoms with van der Waals surface area (Å²) in [6.07, 6.45) is 5.58. The Hall–Kier alpha value is -3.29. The number of carbonyl (C=O) groups is 1. The molecule has 182 valence electrons. The van der Waals surface area contributed by atoms with Gasteiger partial charge in [0.25, 0.3) is 0 Å². The molecule has 0 atom stereocenters. The molecule has 35 heavy (non-hydrogen) atoms. The fraction of sp³-hybridized carbons (Fsp3) is 0.185. The summed E-state index contributed by atoms with van der Waals surface area (Å²) >= 11 is 9.44. The third-order valence-electron chi connectivity index (χ3n) is 5.08. The first-order chi connectivity index (χ1) is 16.9. The molecule has 0 aliphatic heterocycles. The number of ether oxygens (including phenoxy) is 4. The van der Waals surface area contributed by atoms with E-state index in [1.807, 2.05) is 36.4 Å². The second-order valence-corrected chi connectivity index (χ2v) is 8.58. The second kappa shape index (κ2) is 12.4. The highest BCUT2D eigenvalue weighted by Crippen LogP contribution is 2.39. The molecule has 0 spiro atoms. The lowest BCUT2D eigenvalue weighted by molar-refractivity contribution is 0.100. The van der Waals surface area contributed by atoms with Crippen molar-refractivity contribution in [1.29, 1.82) is 0 Å². The van der Waals surface area contributed by atoms with Crippen LogP contribution in [0.3, 0.4) is 0 Å². The van der Waals surface area contributed by atoms with Gasteiger partial charge in [-0.1, -0.05) is 23.8 Å². The Bertz CT molecular complexity index is 1230. The fourth-order valence-corrected chi connectivity index (χ4v) is 4.12. The molecule has 8 heteroatoms. The van der Waals surface area contributed by atoms with Gasteiger partial charge in [-0.05, 0) is 75.6 Å². The molecule has 3 aromatic rings. The van der Waals surface area contributed by atoms with Crippen molar-refractivity contribution in [1.82, 2.24) is 0 Å². The molecule has 0 fully saturated rings. The van der Waals surface area contributed by atoms with E-state index in [1.165, 1.54) is 0 Å². The number of ketones is 1. The Balaban J connectivity index is 1.85. The molecule has 0 unspecified atom stereocenters. The van der Waals surface area contributed by atoms with E-state index in [4.69, 9.17) is 30.5 Å². The van der Waals surface area contributed by atoms with Crippen LogP contribution >= 0.6 is 27.5 Å². The normalized spacial score (nSPS) is 11.1. The monoisotopic (exact) mass is 557 g/mol. The van der Waals surface area contributed by atoms with E-state index in [9.17, 15) is 4.79 Å². The number of Topliss-reactive ketones (excluding diaryl/α,β-unsaturated/α-hetero) is 1. The molecule has 0 bridgehead atoms. The van der Waals surface area contributed by atoms with E-state index in [0.717, 1.165) is 15.6 Å². The first-order valence-electron chi connectivity index (χ1n) is 10.6. The first kappa shape index (κ1) is 26.3. The maximum atomic E-state index is 12.4. The lowest BCUT2D eigenvalue weighted by Crippen LogP contribution is -1.99. The summed E-state index contributed by atoms with van der Waals surface area (Å²) in [7, 11) is 6.29. The average Bonchev–Trinajstić information content (AvgIpc) is 2.86. The van der Waals surface area contributed by atoms with E-state index in [-0.39, 0.29) is 12.2 Å². The number of nitrogens with zero attached hydrogens (tertiary/aromatic N) is 1. The zero-order chi connectivity index (χ0) is 25.4. The smallest absolute Gasteiger partial charge is 0.203 e. The quantitative estimate of drug-likeness (QED) is 0.149. The van der Waals surface area contributed by atoms with Gasteiger partial charge in [-0.2, -0.15) is 0 Å². The Kier molecular flexibility index (Phi) is 9.34. The minimum absolute atomic E-state index is 0.0538. The topological polar surface area (TPSA) is 66.4 Å². The summed E-state index contributed by atoms with van der Waals surface area (Å²) in [6.45, 7) is 0. The van der Waals surface area contributed by atoms with Crippen molar-refractivity contribution in [3.8, 4) is 23.0 Å². The van der Waals surface area contributed by atoms with Crippen molar-refractivity contribution in [2.24, 2.45) is 4.99 Å². The lowest BCUT2D eigenvalue weighted by Gasteiger charge is -2.13. The van der Waals surface area contributed by atoms with Gasteiger partial charge in [0, 0.05) is 23.2 Å². The minimum atomic E-state index is -0.0538. The van der Waals surface area contributed by atoms with Crippen LogP contribution in [0, 0.1) is 0 Å². The van der Waals surface area contributed by atoms with Crippen LogP contribution < -0.4 is 18.9 Å². The SMILES string of the molecule is COc1cc(/C=C\c2cc(Br)c(OC)c(N=CCC(=O)c3ccc(Cl)cc3)c2)cc(OC)c1OC. The zero-order valence-electron chi connectivity index (χ0n) is 19.8. The largest absolute Gasteiger partial charge is 0.493 e. The predicted molar refractivity (Wildman–Crippen MR) is 144 cm³/mol. The van der Waals surface area contributed by atoms with Gasteiger partial charge in [-0.25, -0.2) is 0 Å². The summed E-state index contributed by atoms with van der Waals surface area (Å²) in [5.74, 6) is 2.19. The lowest BCUT2D eigenvalue weighted by atomic mass is 10.1. The van der Waals surface area contributed by atoms with Crippen molar-refractivity contribution < 1.29 is 23.7 Å². The fourth-order valence-electron chi connectivity index (χ4n) is 3.36. The second-order valence-electron chi connectivity index (χ2n) is 7.29. The molecule has 0 amide bonds. The molecule has 0 aliphatic rings. The van der Waals surface area contributed by atoms with Crippen LogP contribution in [0.25, 0.3) is 12.2 Å². The van der Waals surface area contributed by atoms with Crippen molar-refractivity contribution in [3.63, 3.8) is 0 Å². The number of halogens is 2. The van der Waals surface area contributed by atoms with Crippen LogP contribution in [0.2, 0.25) is 5.02 Å². The van der Waals surface area contributed by atoms with Gasteiger partial charge in [0.1, 0.15) is 5.69 Å². The number of carbonyl (C=O) groups excluding carboxylic acids is 1. The molecule has 0 heterocycles. The highest BCUT2D eigenvalue weighted by Gasteiger charge is 2.13. The van der Waals surface area contributed by atoms with Gasteiger partial charge in [0.05, 0.1) is 32.9 Å². The number of benzene rings is 3. The number of rotatable bonds is 10. The maximum absolute atomic E-state index is 12.4. The van der Waals surface area contributed by atoms with Gasteiger partial charge in [-0.3, -0.25) is 9.79 Å². The first-order valence-corrected chi connectivity index (χ1v) is 11.7. The Morgan fingerprint density at radius 2 is 1.43 bits per heavy atom. The van der Waals surface area contributed by atoms with Crippen LogP contribution in [0.4, 0.5) is 5.69 Å². The molecular weight excluding hydrogens is 534 g/mol. The summed E-state index contributed by atoms with van der Waals surface area (Å²) < 4.78 is 22.5. The molecule has 3 rings (SSSR count). The number of aliphatic imine (C=N–C) groups is 1. The highest BCUT2D eigenvalue weighted by molar-refractivity contribution is 9.10. The Morgan fingerprint density at radius 1 is 0.857 bits per heavy atom. The van der Waals surface area contributed by atoms with E-state index in [0.29, 0.717) is 39.3 Å². The Labute approximate surface area is 218 Å². The molecule has 0 radical (unpaired) electrons. The minimum Gasteiger partial charge on any atom is -0.493 e. The summed E-state index contributed by atoms with van der Waals surface area (Å²) in [6, 6.07) is 14.3. The van der Waals surface area contributed by atoms with Crippen molar-refractivity contribution >= 4 is 57.4 Å². The van der Waals surface area contributed by atoms with Gasteiger partial charge in [-0.15, -0.1) is 0 Å². The van der Waals surface area contributed by atoms with E-state index in [1.54, 1.807) is 58.9 Å². The summed E-state index contributed by atoms with van der Waals surface area (Å²) in [5, 5.41) is 0.584. The van der Waals surface area contributed by atoms with E-state index in [2.05, 4.69) is 20.9 Å². The molecule has 0 aromatic heterocycles. The van der Waals surface area contributed by atoms with Gasteiger partial charge in [0.15, 0.2) is 23.0 Å². The van der Waals surface area contributed by atoms with Gasteiger partial charge < -0.3 is 18.9 Å². The molecule has 3 aromatic carbocycles. The van der Waals surface area contributed by atoms with Crippen molar-refractivity contribution in [3.05, 3.63) is 74.7 Å². The average molecular weight is 559 g/mol. The van der Waals surface area contributed by atoms with Gasteiger partial charge in [0.2, 0.25) is 5.75 Å². The van der Waals surface area contributed by atoms with Gasteiger partial charge >= 0.3 is 0 Å². The number of hydrogen-bond acceptors (Lipinski definition) is 6. The third kappa shape index (κ3) is 6.65. The third-order valence-corrected chi connectivity index (χ3v) is 5.92. The molecule has 0 saturated carbocycles. The zero-order valence-corrected chi connectivity index (χ0v) is 22.1. The van der Waals surface area contributed by atoms with Crippen molar-refractivity contribution in [2.75, 3.05) is 28.4 Å². The highest BCUT2D eigenvalue weighted by atomic mass is 79.9. The standard InChI is InChI=1S/C27H25BrClNO5/c1-32-24-15-18(16-25(33-2)27(24)35-4)6-5-17-13-21(28)26(34-3)22(14-17)30-12-11-23(31)19-7-9-20(29)10-8-19/h5-10,12-16H,11H2,1-4H3/b6-5-,30-12?. The molecular formula is C27H25BrClNO5. The summed E-state index contributed by atoms with van der Waals surface area (Å²) in [4.78, 5) is 16.9. The Morgan fingerprint density at radius 3 is 1.97 bits per heavy atom. The number of methoxy groups -OCH3 is 4. The molecule has 0 aliphatic carbocycles. The van der Waals surface area contributed by atoms with Crippen LogP contribution in [-0.2, 0) is 0 Å². The summed E-state index contributed by atoms with van der Waals surface area (Å²) in [5.41, 5.74) is 2.92. The van der Waals surface area contributed by atoms with E-state index >= 15 is 0 Å². The van der Waals surface area contributed by atoms with Crippen LogP contribution in [0.5, 0.6) is 23.0 Å². The molecule has 0 saturated heterocycles. The van der Waals surface area contributed by atoms with Crippen molar-refractivity contribution in [2.45, 2.75) is 6.42 Å². The molecule has 0 N–H and O–H groups in total. The van der Waals surface area contributed by atoms with Crippen LogP contribution in [0.15, 0.2) is 58.0 Å². The predicted octanol–water partition coefficient (Wildman–Crippen LogP) is 7.28. The van der Waals surface area contributed by atoms with E-state index < -0.39 is 0 Å². The molecule has 6 nitrogen and oxygen atoms in total.